The number of hydrogen-bond donors (Lipinski definition) is 1. The summed E-state index contributed by atoms with van der Waals surface area (Å²) in [5.74, 6) is -0.370. The Labute approximate surface area is 149 Å². The second-order valence-corrected chi connectivity index (χ2v) is 8.93. The Kier molecular flexibility index (Phi) is 3.65. The van der Waals surface area contributed by atoms with E-state index in [4.69, 9.17) is 0 Å². The smallest absolute Gasteiger partial charge is 0.268 e. The molecule has 0 saturated carbocycles. The summed E-state index contributed by atoms with van der Waals surface area (Å²) >= 11 is 0. The van der Waals surface area contributed by atoms with Gasteiger partial charge in [-0.15, -0.1) is 0 Å². The number of amides is 1. The molecule has 3 aromatic rings. The van der Waals surface area contributed by atoms with Gasteiger partial charge in [0.05, 0.1) is 16.9 Å². The maximum Gasteiger partial charge on any atom is 0.268 e. The number of carbonyl (C=O) groups is 1. The number of hydrogen-bond acceptors (Lipinski definition) is 5. The van der Waals surface area contributed by atoms with E-state index in [0.29, 0.717) is 23.1 Å². The van der Waals surface area contributed by atoms with Gasteiger partial charge >= 0.3 is 0 Å². The number of rotatable bonds is 2. The SMILES string of the molecule is Cc1cccn2c(=O)c3cc(C(=O)N[C@H]4CCS(=O)(=O)C4)n(C)c3nc12. The first-order valence-corrected chi connectivity index (χ1v) is 10.1. The molecule has 1 saturated heterocycles. The fraction of sp³-hybridized carbons (Fsp3) is 0.353. The molecule has 1 fully saturated rings. The van der Waals surface area contributed by atoms with Crippen LogP contribution in [0.4, 0.5) is 0 Å². The third-order valence-corrected chi connectivity index (χ3v) is 6.59. The van der Waals surface area contributed by atoms with Crippen LogP contribution in [0.15, 0.2) is 29.2 Å². The Morgan fingerprint density at radius 1 is 1.35 bits per heavy atom. The largest absolute Gasteiger partial charge is 0.347 e. The van der Waals surface area contributed by atoms with E-state index < -0.39 is 21.8 Å². The third kappa shape index (κ3) is 2.59. The molecule has 0 radical (unpaired) electrons. The topological polar surface area (TPSA) is 103 Å². The number of aromatic nitrogens is 3. The van der Waals surface area contributed by atoms with Gasteiger partial charge < -0.3 is 9.88 Å². The second-order valence-electron chi connectivity index (χ2n) is 6.70. The van der Waals surface area contributed by atoms with E-state index in [9.17, 15) is 18.0 Å². The molecular weight excluding hydrogens is 356 g/mol. The van der Waals surface area contributed by atoms with Crippen LogP contribution in [0.2, 0.25) is 0 Å². The van der Waals surface area contributed by atoms with E-state index in [1.165, 1.54) is 10.5 Å². The molecule has 136 valence electrons. The minimum atomic E-state index is -3.08. The van der Waals surface area contributed by atoms with Crippen molar-refractivity contribution >= 4 is 32.4 Å². The van der Waals surface area contributed by atoms with Gasteiger partial charge in [-0.05, 0) is 31.0 Å². The van der Waals surface area contributed by atoms with E-state index in [1.54, 1.807) is 23.9 Å². The van der Waals surface area contributed by atoms with Crippen molar-refractivity contribution in [3.8, 4) is 0 Å². The number of fused-ring (bicyclic) bond motifs is 2. The molecule has 1 N–H and O–H groups in total. The average molecular weight is 374 g/mol. The van der Waals surface area contributed by atoms with Gasteiger partial charge in [-0.25, -0.2) is 13.4 Å². The van der Waals surface area contributed by atoms with Crippen molar-refractivity contribution in [1.82, 2.24) is 19.3 Å². The van der Waals surface area contributed by atoms with Crippen LogP contribution in [-0.4, -0.2) is 45.8 Å². The minimum absolute atomic E-state index is 0.0489. The fourth-order valence-electron chi connectivity index (χ4n) is 3.42. The monoisotopic (exact) mass is 374 g/mol. The van der Waals surface area contributed by atoms with E-state index >= 15 is 0 Å². The highest BCUT2D eigenvalue weighted by Gasteiger charge is 2.30. The van der Waals surface area contributed by atoms with E-state index in [1.807, 2.05) is 13.0 Å². The third-order valence-electron chi connectivity index (χ3n) is 4.82. The maximum absolute atomic E-state index is 12.8. The fourth-order valence-corrected chi connectivity index (χ4v) is 5.09. The van der Waals surface area contributed by atoms with Crippen LogP contribution < -0.4 is 10.9 Å². The molecule has 0 spiro atoms. The van der Waals surface area contributed by atoms with E-state index in [2.05, 4.69) is 10.3 Å². The lowest BCUT2D eigenvalue weighted by molar-refractivity contribution is 0.0933. The van der Waals surface area contributed by atoms with Crippen LogP contribution in [0.25, 0.3) is 16.7 Å². The Bertz CT molecular complexity index is 1220. The first kappa shape index (κ1) is 16.8. The maximum atomic E-state index is 12.8. The van der Waals surface area contributed by atoms with Crippen LogP contribution in [0.5, 0.6) is 0 Å². The lowest BCUT2D eigenvalue weighted by atomic mass is 10.2. The van der Waals surface area contributed by atoms with Crippen molar-refractivity contribution in [3.05, 3.63) is 46.0 Å². The molecule has 4 heterocycles. The molecular formula is C17H18N4O4S. The molecule has 9 heteroatoms. The summed E-state index contributed by atoms with van der Waals surface area (Å²) in [4.78, 5) is 29.9. The summed E-state index contributed by atoms with van der Waals surface area (Å²) in [6.07, 6.45) is 2.05. The molecule has 1 aliphatic heterocycles. The van der Waals surface area contributed by atoms with Gasteiger partial charge in [0.25, 0.3) is 11.5 Å². The second kappa shape index (κ2) is 5.66. The average Bonchev–Trinajstić information content (AvgIpc) is 3.09. The van der Waals surface area contributed by atoms with E-state index in [-0.39, 0.29) is 22.8 Å². The van der Waals surface area contributed by atoms with Gasteiger partial charge in [0.1, 0.15) is 17.0 Å². The zero-order valence-corrected chi connectivity index (χ0v) is 15.2. The van der Waals surface area contributed by atoms with Crippen LogP contribution in [0.1, 0.15) is 22.5 Å². The van der Waals surface area contributed by atoms with Crippen LogP contribution in [0, 0.1) is 6.92 Å². The Hall–Kier alpha value is -2.68. The molecule has 1 aliphatic rings. The van der Waals surface area contributed by atoms with Gasteiger partial charge in [-0.3, -0.25) is 14.0 Å². The number of aryl methyl sites for hydroxylation is 2. The highest BCUT2D eigenvalue weighted by Crippen LogP contribution is 2.17. The van der Waals surface area contributed by atoms with Crippen molar-refractivity contribution in [2.45, 2.75) is 19.4 Å². The van der Waals surface area contributed by atoms with Crippen molar-refractivity contribution in [2.75, 3.05) is 11.5 Å². The number of sulfone groups is 1. The van der Waals surface area contributed by atoms with Crippen LogP contribution in [-0.2, 0) is 16.9 Å². The first-order chi connectivity index (χ1) is 12.3. The van der Waals surface area contributed by atoms with Gasteiger partial charge in [0.2, 0.25) is 0 Å². The van der Waals surface area contributed by atoms with Crippen molar-refractivity contribution in [2.24, 2.45) is 7.05 Å². The van der Waals surface area contributed by atoms with Gasteiger partial charge in [0.15, 0.2) is 9.84 Å². The summed E-state index contributed by atoms with van der Waals surface area (Å²) in [5.41, 5.74) is 1.86. The zero-order chi connectivity index (χ0) is 18.6. The van der Waals surface area contributed by atoms with E-state index in [0.717, 1.165) is 5.56 Å². The number of carbonyl (C=O) groups excluding carboxylic acids is 1. The van der Waals surface area contributed by atoms with Crippen LogP contribution in [0.3, 0.4) is 0 Å². The number of nitrogens with zero attached hydrogens (tertiary/aromatic N) is 3. The summed E-state index contributed by atoms with van der Waals surface area (Å²) in [7, 11) is -1.41. The highest BCUT2D eigenvalue weighted by atomic mass is 32.2. The molecule has 3 aromatic heterocycles. The summed E-state index contributed by atoms with van der Waals surface area (Å²) in [6.45, 7) is 1.87. The summed E-state index contributed by atoms with van der Waals surface area (Å²) < 4.78 is 26.2. The van der Waals surface area contributed by atoms with Gasteiger partial charge in [-0.1, -0.05) is 6.07 Å². The predicted octanol–water partition coefficient (Wildman–Crippen LogP) is 0.412. The quantitative estimate of drug-likeness (QED) is 0.700. The Morgan fingerprint density at radius 3 is 2.81 bits per heavy atom. The molecule has 1 amide bonds. The molecule has 8 nitrogen and oxygen atoms in total. The van der Waals surface area contributed by atoms with Crippen molar-refractivity contribution in [3.63, 3.8) is 0 Å². The molecule has 0 bridgehead atoms. The molecule has 1 atom stereocenters. The number of nitrogens with one attached hydrogen (secondary N) is 1. The lowest BCUT2D eigenvalue weighted by Gasteiger charge is -2.11. The molecule has 4 rings (SSSR count). The zero-order valence-electron chi connectivity index (χ0n) is 14.4. The Balaban J connectivity index is 1.79. The standard InChI is InChI=1S/C17H18N4O4S/c1-10-4-3-6-21-14(10)19-15-12(17(21)23)8-13(20(15)2)16(22)18-11-5-7-26(24,25)9-11/h3-4,6,8,11H,5,7,9H2,1-2H3,(H,18,22)/t11-/m0/s1. The highest BCUT2D eigenvalue weighted by molar-refractivity contribution is 7.91. The molecule has 0 aromatic carbocycles. The predicted molar refractivity (Wildman–Crippen MR) is 97.2 cm³/mol. The van der Waals surface area contributed by atoms with Crippen molar-refractivity contribution in [1.29, 1.82) is 0 Å². The number of pyridine rings is 1. The van der Waals surface area contributed by atoms with Crippen molar-refractivity contribution < 1.29 is 13.2 Å². The molecule has 0 unspecified atom stereocenters. The minimum Gasteiger partial charge on any atom is -0.347 e. The van der Waals surface area contributed by atoms with Gasteiger partial charge in [0, 0.05) is 19.3 Å². The summed E-state index contributed by atoms with van der Waals surface area (Å²) in [5, 5.41) is 3.10. The van der Waals surface area contributed by atoms with Crippen LogP contribution >= 0.6 is 0 Å². The lowest BCUT2D eigenvalue weighted by Crippen LogP contribution is -2.36. The molecule has 0 aliphatic carbocycles. The summed E-state index contributed by atoms with van der Waals surface area (Å²) in [6, 6.07) is 4.75. The normalized spacial score (nSPS) is 19.2. The molecule has 26 heavy (non-hydrogen) atoms. The Morgan fingerprint density at radius 2 is 2.12 bits per heavy atom. The first-order valence-electron chi connectivity index (χ1n) is 8.25. The van der Waals surface area contributed by atoms with Gasteiger partial charge in [-0.2, -0.15) is 0 Å².